The first kappa shape index (κ1) is 15.8. The van der Waals surface area contributed by atoms with Crippen LogP contribution in [-0.2, 0) is 17.8 Å². The van der Waals surface area contributed by atoms with E-state index >= 15 is 0 Å². The van der Waals surface area contributed by atoms with Crippen LogP contribution < -0.4 is 10.9 Å². The monoisotopic (exact) mass is 339 g/mol. The summed E-state index contributed by atoms with van der Waals surface area (Å²) in [6, 6.07) is 7.67. The van der Waals surface area contributed by atoms with E-state index in [0.29, 0.717) is 12.1 Å². The molecule has 1 aliphatic heterocycles. The van der Waals surface area contributed by atoms with Gasteiger partial charge in [-0.2, -0.15) is 5.10 Å². The van der Waals surface area contributed by atoms with E-state index in [4.69, 9.17) is 0 Å². The fourth-order valence-electron chi connectivity index (χ4n) is 3.54. The lowest BCUT2D eigenvalue weighted by molar-refractivity contribution is -0.131. The highest BCUT2D eigenvalue weighted by Gasteiger charge is 2.22. The molecule has 130 valence electrons. The average molecular weight is 339 g/mol. The van der Waals surface area contributed by atoms with Crippen molar-refractivity contribution in [2.75, 3.05) is 26.2 Å². The van der Waals surface area contributed by atoms with E-state index in [1.54, 1.807) is 4.68 Å². The molecule has 1 aromatic carbocycles. The van der Waals surface area contributed by atoms with E-state index in [0.717, 1.165) is 48.2 Å². The highest BCUT2D eigenvalue weighted by atomic mass is 16.2. The number of nitrogens with one attached hydrogen (secondary N) is 2. The molecule has 0 radical (unpaired) electrons. The maximum atomic E-state index is 12.8. The summed E-state index contributed by atoms with van der Waals surface area (Å²) in [6.07, 6.45) is 0.262. The molecular formula is C18H21N5O2. The van der Waals surface area contributed by atoms with Crippen LogP contribution in [0.25, 0.3) is 21.8 Å². The van der Waals surface area contributed by atoms with Crippen molar-refractivity contribution in [1.29, 1.82) is 0 Å². The Hall–Kier alpha value is -2.67. The van der Waals surface area contributed by atoms with Gasteiger partial charge in [-0.05, 0) is 13.0 Å². The van der Waals surface area contributed by atoms with Crippen molar-refractivity contribution >= 4 is 27.7 Å². The van der Waals surface area contributed by atoms with E-state index in [-0.39, 0.29) is 17.9 Å². The fraction of sp³-hybridized carbons (Fsp3) is 0.389. The number of benzene rings is 1. The van der Waals surface area contributed by atoms with Crippen molar-refractivity contribution in [2.45, 2.75) is 19.9 Å². The molecular weight excluding hydrogens is 318 g/mol. The summed E-state index contributed by atoms with van der Waals surface area (Å²) >= 11 is 0. The lowest BCUT2D eigenvalue weighted by atomic mass is 10.1. The van der Waals surface area contributed by atoms with Crippen molar-refractivity contribution < 1.29 is 4.79 Å². The molecule has 1 aliphatic rings. The molecule has 2 N–H and O–H groups in total. The largest absolute Gasteiger partial charge is 0.340 e. The fourth-order valence-corrected chi connectivity index (χ4v) is 3.54. The Morgan fingerprint density at radius 2 is 2.00 bits per heavy atom. The van der Waals surface area contributed by atoms with Gasteiger partial charge in [-0.15, -0.1) is 0 Å². The number of aryl methyl sites for hydroxylation is 1. The molecule has 0 saturated carbocycles. The third-order valence-corrected chi connectivity index (χ3v) is 4.81. The van der Waals surface area contributed by atoms with Gasteiger partial charge < -0.3 is 15.2 Å². The minimum absolute atomic E-state index is 0.0855. The minimum Gasteiger partial charge on any atom is -0.340 e. The minimum atomic E-state index is -0.211. The maximum absolute atomic E-state index is 12.8. The van der Waals surface area contributed by atoms with Crippen LogP contribution in [0.3, 0.4) is 0 Å². The summed E-state index contributed by atoms with van der Waals surface area (Å²) in [4.78, 5) is 30.0. The SMILES string of the molecule is CCn1nc2c(=O)[nH]c3ccccc3c2c1CC(=O)N1CCNCC1. The number of piperazine rings is 1. The van der Waals surface area contributed by atoms with Crippen LogP contribution in [0, 0.1) is 0 Å². The van der Waals surface area contributed by atoms with Gasteiger partial charge in [0.2, 0.25) is 5.91 Å². The van der Waals surface area contributed by atoms with Gasteiger partial charge in [-0.25, -0.2) is 0 Å². The number of hydrogen-bond donors (Lipinski definition) is 2. The number of H-pyrrole nitrogens is 1. The molecule has 0 bridgehead atoms. The summed E-state index contributed by atoms with van der Waals surface area (Å²) < 4.78 is 1.78. The number of fused-ring (bicyclic) bond motifs is 3. The van der Waals surface area contributed by atoms with Crippen molar-refractivity contribution in [1.82, 2.24) is 25.0 Å². The van der Waals surface area contributed by atoms with Gasteiger partial charge in [0.05, 0.1) is 12.1 Å². The maximum Gasteiger partial charge on any atom is 0.276 e. The first-order valence-corrected chi connectivity index (χ1v) is 8.68. The molecule has 1 saturated heterocycles. The predicted molar refractivity (Wildman–Crippen MR) is 96.7 cm³/mol. The second-order valence-corrected chi connectivity index (χ2v) is 6.29. The number of carbonyl (C=O) groups excluding carboxylic acids is 1. The van der Waals surface area contributed by atoms with Crippen LogP contribution in [-0.4, -0.2) is 51.8 Å². The molecule has 7 nitrogen and oxygen atoms in total. The lowest BCUT2D eigenvalue weighted by Gasteiger charge is -2.27. The summed E-state index contributed by atoms with van der Waals surface area (Å²) in [5.74, 6) is 0.0855. The lowest BCUT2D eigenvalue weighted by Crippen LogP contribution is -2.47. The number of carbonyl (C=O) groups is 1. The number of aromatic amines is 1. The molecule has 25 heavy (non-hydrogen) atoms. The summed E-state index contributed by atoms with van der Waals surface area (Å²) in [7, 11) is 0. The summed E-state index contributed by atoms with van der Waals surface area (Å²) in [5.41, 5.74) is 1.79. The van der Waals surface area contributed by atoms with E-state index in [9.17, 15) is 9.59 Å². The third kappa shape index (κ3) is 2.70. The zero-order chi connectivity index (χ0) is 17.4. The van der Waals surface area contributed by atoms with Gasteiger partial charge in [0, 0.05) is 49.0 Å². The van der Waals surface area contributed by atoms with Crippen LogP contribution in [0.15, 0.2) is 29.1 Å². The van der Waals surface area contributed by atoms with E-state index in [2.05, 4.69) is 15.4 Å². The molecule has 3 aromatic rings. The number of para-hydroxylation sites is 1. The molecule has 2 aromatic heterocycles. The molecule has 0 aliphatic carbocycles. The van der Waals surface area contributed by atoms with Gasteiger partial charge in [0.25, 0.3) is 5.56 Å². The highest BCUT2D eigenvalue weighted by Crippen LogP contribution is 2.25. The Bertz CT molecular complexity index is 998. The first-order chi connectivity index (χ1) is 12.2. The zero-order valence-electron chi connectivity index (χ0n) is 14.2. The molecule has 0 spiro atoms. The topological polar surface area (TPSA) is 83.0 Å². The summed E-state index contributed by atoms with van der Waals surface area (Å²) in [6.45, 7) is 5.68. The number of rotatable bonds is 3. The Balaban J connectivity index is 1.86. The van der Waals surface area contributed by atoms with Crippen LogP contribution in [0.4, 0.5) is 0 Å². The van der Waals surface area contributed by atoms with Gasteiger partial charge >= 0.3 is 0 Å². The molecule has 4 rings (SSSR count). The average Bonchev–Trinajstić information content (AvgIpc) is 3.02. The first-order valence-electron chi connectivity index (χ1n) is 8.68. The van der Waals surface area contributed by atoms with Crippen molar-refractivity contribution in [3.05, 3.63) is 40.3 Å². The van der Waals surface area contributed by atoms with Crippen LogP contribution in [0.5, 0.6) is 0 Å². The molecule has 0 unspecified atom stereocenters. The number of aromatic nitrogens is 3. The van der Waals surface area contributed by atoms with Crippen LogP contribution in [0.1, 0.15) is 12.6 Å². The highest BCUT2D eigenvalue weighted by molar-refractivity contribution is 6.06. The van der Waals surface area contributed by atoms with Crippen molar-refractivity contribution in [3.63, 3.8) is 0 Å². The standard InChI is InChI=1S/C18H21N5O2/c1-2-23-14(11-15(24)22-9-7-19-8-10-22)16-12-5-3-4-6-13(12)20-18(25)17(16)21-23/h3-6,19H,2,7-11H2,1H3,(H,20,25). The van der Waals surface area contributed by atoms with Gasteiger partial charge in [0.1, 0.15) is 0 Å². The molecule has 0 atom stereocenters. The molecule has 1 amide bonds. The third-order valence-electron chi connectivity index (χ3n) is 4.81. The normalized spacial score (nSPS) is 15.2. The Labute approximate surface area is 144 Å². The van der Waals surface area contributed by atoms with Gasteiger partial charge in [-0.1, -0.05) is 18.2 Å². The Morgan fingerprint density at radius 1 is 1.24 bits per heavy atom. The summed E-state index contributed by atoms with van der Waals surface area (Å²) in [5, 5.41) is 9.45. The van der Waals surface area contributed by atoms with Crippen LogP contribution in [0.2, 0.25) is 0 Å². The zero-order valence-corrected chi connectivity index (χ0v) is 14.2. The van der Waals surface area contributed by atoms with E-state index in [1.165, 1.54) is 0 Å². The number of pyridine rings is 1. The van der Waals surface area contributed by atoms with Gasteiger partial charge in [-0.3, -0.25) is 14.3 Å². The van der Waals surface area contributed by atoms with Crippen molar-refractivity contribution in [3.8, 4) is 0 Å². The van der Waals surface area contributed by atoms with Crippen LogP contribution >= 0.6 is 0 Å². The van der Waals surface area contributed by atoms with E-state index in [1.807, 2.05) is 36.1 Å². The molecule has 3 heterocycles. The molecule has 1 fully saturated rings. The van der Waals surface area contributed by atoms with Crippen molar-refractivity contribution in [2.24, 2.45) is 0 Å². The number of nitrogens with zero attached hydrogens (tertiary/aromatic N) is 3. The van der Waals surface area contributed by atoms with E-state index < -0.39 is 0 Å². The Morgan fingerprint density at radius 3 is 2.76 bits per heavy atom. The smallest absolute Gasteiger partial charge is 0.276 e. The Kier molecular flexibility index (Phi) is 4.01. The second kappa shape index (κ2) is 6.33. The van der Waals surface area contributed by atoms with Gasteiger partial charge in [0.15, 0.2) is 5.52 Å². The molecule has 7 heteroatoms. The number of hydrogen-bond acceptors (Lipinski definition) is 4. The quantitative estimate of drug-likeness (QED) is 0.742. The predicted octanol–water partition coefficient (Wildman–Crippen LogP) is 0.872. The number of amides is 1. The second-order valence-electron chi connectivity index (χ2n) is 6.29.